The first kappa shape index (κ1) is 15.9. The number of hydrogen-bond donors (Lipinski definition) is 1. The van der Waals surface area contributed by atoms with Gasteiger partial charge in [-0.05, 0) is 49.5 Å². The summed E-state index contributed by atoms with van der Waals surface area (Å²) in [5.74, 6) is -0.372. The van der Waals surface area contributed by atoms with Gasteiger partial charge >= 0.3 is 0 Å². The highest BCUT2D eigenvalue weighted by Crippen LogP contribution is 2.38. The quantitative estimate of drug-likeness (QED) is 0.584. The molecule has 0 spiro atoms. The van der Waals surface area contributed by atoms with E-state index in [-0.39, 0.29) is 11.7 Å². The van der Waals surface area contributed by atoms with Crippen LogP contribution in [0.5, 0.6) is 5.88 Å². The summed E-state index contributed by atoms with van der Waals surface area (Å²) in [6.07, 6.45) is 1.89. The number of aromatic nitrogens is 1. The largest absolute Gasteiger partial charge is 0.493 e. The lowest BCUT2D eigenvalue weighted by Crippen LogP contribution is -1.94. The molecule has 3 aromatic rings. The number of nitrogens with zero attached hydrogens (tertiary/aromatic N) is 2. The molecule has 0 radical (unpaired) electrons. The maximum atomic E-state index is 13.5. The Balaban J connectivity index is 1.85. The van der Waals surface area contributed by atoms with Gasteiger partial charge in [0.25, 0.3) is 0 Å². The zero-order chi connectivity index (χ0) is 17.6. The Morgan fingerprint density at radius 1 is 1.20 bits per heavy atom. The Morgan fingerprint density at radius 3 is 2.80 bits per heavy atom. The lowest BCUT2D eigenvalue weighted by Gasteiger charge is -2.05. The van der Waals surface area contributed by atoms with Crippen LogP contribution in [-0.2, 0) is 0 Å². The zero-order valence-electron chi connectivity index (χ0n) is 13.2. The van der Waals surface area contributed by atoms with E-state index in [0.717, 1.165) is 22.5 Å². The number of halogens is 1. The molecule has 0 bridgehead atoms. The molecule has 0 aliphatic carbocycles. The van der Waals surface area contributed by atoms with Gasteiger partial charge in [0.2, 0.25) is 5.88 Å². The number of thiazole rings is 1. The highest BCUT2D eigenvalue weighted by Gasteiger charge is 2.19. The second kappa shape index (κ2) is 6.06. The Labute approximate surface area is 153 Å². The number of allylic oxidation sites excluding steroid dienone is 1. The number of benzene rings is 2. The Morgan fingerprint density at radius 2 is 2.00 bits per heavy atom. The van der Waals surface area contributed by atoms with Crippen LogP contribution in [0.25, 0.3) is 17.3 Å². The van der Waals surface area contributed by atoms with E-state index in [1.54, 1.807) is 12.1 Å². The van der Waals surface area contributed by atoms with Gasteiger partial charge in [-0.1, -0.05) is 24.3 Å². The summed E-state index contributed by atoms with van der Waals surface area (Å²) < 4.78 is 15.4. The van der Waals surface area contributed by atoms with Crippen molar-refractivity contribution in [3.63, 3.8) is 0 Å². The van der Waals surface area contributed by atoms with E-state index in [1.807, 2.05) is 37.3 Å². The van der Waals surface area contributed by atoms with E-state index in [2.05, 4.69) is 4.99 Å². The van der Waals surface area contributed by atoms with Crippen LogP contribution in [0.4, 0.5) is 10.1 Å². The van der Waals surface area contributed by atoms with Crippen molar-refractivity contribution in [2.75, 3.05) is 0 Å². The number of aliphatic imine (C=N–C) groups is 1. The average Bonchev–Trinajstić information content (AvgIpc) is 3.04. The van der Waals surface area contributed by atoms with E-state index in [1.165, 1.54) is 28.0 Å². The summed E-state index contributed by atoms with van der Waals surface area (Å²) in [4.78, 5) is 5.17. The van der Waals surface area contributed by atoms with Gasteiger partial charge in [-0.25, -0.2) is 4.39 Å². The van der Waals surface area contributed by atoms with Gasteiger partial charge in [0, 0.05) is 16.8 Å². The van der Waals surface area contributed by atoms with Gasteiger partial charge in [0.05, 0.1) is 16.3 Å². The fraction of sp³-hybridized carbons (Fsp3) is 0.0526. The molecule has 124 valence electrons. The first-order valence-electron chi connectivity index (χ1n) is 7.62. The zero-order valence-corrected chi connectivity index (χ0v) is 14.9. The monoisotopic (exact) mass is 368 g/mol. The third-order valence-electron chi connectivity index (χ3n) is 4.03. The molecule has 1 aromatic heterocycles. The molecule has 0 amide bonds. The van der Waals surface area contributed by atoms with Gasteiger partial charge in [-0.15, -0.1) is 11.3 Å². The Kier molecular flexibility index (Phi) is 3.86. The minimum atomic E-state index is -0.377. The second-order valence-electron chi connectivity index (χ2n) is 5.64. The molecule has 4 rings (SSSR count). The molecular weight excluding hydrogens is 355 g/mol. The highest BCUT2D eigenvalue weighted by atomic mass is 32.1. The molecule has 0 saturated heterocycles. The summed E-state index contributed by atoms with van der Waals surface area (Å²) >= 11 is 6.65. The predicted molar refractivity (Wildman–Crippen MR) is 103 cm³/mol. The van der Waals surface area contributed by atoms with Crippen LogP contribution in [0.15, 0.2) is 53.5 Å². The van der Waals surface area contributed by atoms with Crippen molar-refractivity contribution in [1.29, 1.82) is 0 Å². The van der Waals surface area contributed by atoms with Crippen LogP contribution in [0, 0.1) is 9.77 Å². The number of hydrogen-bond acceptors (Lipinski definition) is 4. The second-order valence-corrected chi connectivity index (χ2v) is 7.32. The molecule has 3 nitrogen and oxygen atoms in total. The van der Waals surface area contributed by atoms with Crippen molar-refractivity contribution in [2.45, 2.75) is 6.92 Å². The van der Waals surface area contributed by atoms with Crippen molar-refractivity contribution in [2.24, 2.45) is 4.99 Å². The maximum Gasteiger partial charge on any atom is 0.215 e. The summed E-state index contributed by atoms with van der Waals surface area (Å²) in [6, 6.07) is 13.9. The molecule has 2 aromatic carbocycles. The smallest absolute Gasteiger partial charge is 0.215 e. The lowest BCUT2D eigenvalue weighted by atomic mass is 10.0. The van der Waals surface area contributed by atoms with E-state index in [4.69, 9.17) is 12.2 Å². The minimum absolute atomic E-state index is 0.00489. The number of para-hydroxylation sites is 1. The normalized spacial score (nSPS) is 14.6. The topological polar surface area (TPSA) is 37.5 Å². The molecule has 25 heavy (non-hydrogen) atoms. The SMILES string of the molecule is CC1=Nc2ccccc2/C1=C/c1sc(=S)n(-c2cccc(F)c2)c1O. The third-order valence-corrected chi connectivity index (χ3v) is 5.34. The Bertz CT molecular complexity index is 1110. The molecule has 0 fully saturated rings. The molecule has 0 atom stereocenters. The molecule has 0 unspecified atom stereocenters. The molecule has 1 aliphatic rings. The third kappa shape index (κ3) is 2.73. The van der Waals surface area contributed by atoms with Crippen LogP contribution >= 0.6 is 23.6 Å². The average molecular weight is 368 g/mol. The van der Waals surface area contributed by atoms with Crippen molar-refractivity contribution in [3.8, 4) is 11.6 Å². The first-order chi connectivity index (χ1) is 12.0. The van der Waals surface area contributed by atoms with Crippen LogP contribution in [-0.4, -0.2) is 15.4 Å². The van der Waals surface area contributed by atoms with Crippen LogP contribution in [0.1, 0.15) is 17.4 Å². The van der Waals surface area contributed by atoms with Crippen molar-refractivity contribution in [1.82, 2.24) is 4.57 Å². The maximum absolute atomic E-state index is 13.5. The van der Waals surface area contributed by atoms with Crippen LogP contribution in [0.3, 0.4) is 0 Å². The molecule has 2 heterocycles. The highest BCUT2D eigenvalue weighted by molar-refractivity contribution is 7.73. The van der Waals surface area contributed by atoms with E-state index >= 15 is 0 Å². The van der Waals surface area contributed by atoms with Gasteiger partial charge in [-0.2, -0.15) is 0 Å². The fourth-order valence-electron chi connectivity index (χ4n) is 2.87. The molecule has 6 heteroatoms. The first-order valence-corrected chi connectivity index (χ1v) is 8.84. The van der Waals surface area contributed by atoms with Crippen LogP contribution < -0.4 is 0 Å². The number of aromatic hydroxyl groups is 1. The van der Waals surface area contributed by atoms with E-state index in [0.29, 0.717) is 14.5 Å². The summed E-state index contributed by atoms with van der Waals surface area (Å²) in [5.41, 5.74) is 4.28. The van der Waals surface area contributed by atoms with Crippen LogP contribution in [0.2, 0.25) is 0 Å². The van der Waals surface area contributed by atoms with Gasteiger partial charge in [-0.3, -0.25) is 9.56 Å². The summed E-state index contributed by atoms with van der Waals surface area (Å²) in [6.45, 7) is 1.94. The molecule has 1 N–H and O–H groups in total. The number of fused-ring (bicyclic) bond motifs is 1. The van der Waals surface area contributed by atoms with E-state index < -0.39 is 0 Å². The predicted octanol–water partition coefficient (Wildman–Crippen LogP) is 5.76. The molecule has 0 saturated carbocycles. The minimum Gasteiger partial charge on any atom is -0.493 e. The lowest BCUT2D eigenvalue weighted by molar-refractivity contribution is 0.441. The Hall–Kier alpha value is -2.57. The van der Waals surface area contributed by atoms with Crippen molar-refractivity contribution >= 4 is 46.6 Å². The van der Waals surface area contributed by atoms with Gasteiger partial charge < -0.3 is 5.11 Å². The standard InChI is InChI=1S/C19H13FN2OS2/c1-11-15(14-7-2-3-8-16(14)21-11)10-17-18(23)22(19(24)25-17)13-6-4-5-12(20)9-13/h2-10,23H,1H3/b15-10+. The van der Waals surface area contributed by atoms with Crippen molar-refractivity contribution in [3.05, 3.63) is 68.7 Å². The van der Waals surface area contributed by atoms with Gasteiger partial charge in [0.15, 0.2) is 3.95 Å². The summed E-state index contributed by atoms with van der Waals surface area (Å²) in [5, 5.41) is 10.6. The summed E-state index contributed by atoms with van der Waals surface area (Å²) in [7, 11) is 0. The number of rotatable bonds is 2. The van der Waals surface area contributed by atoms with Crippen molar-refractivity contribution < 1.29 is 9.50 Å². The molecule has 1 aliphatic heterocycles. The molecular formula is C19H13FN2OS2. The van der Waals surface area contributed by atoms with Gasteiger partial charge in [0.1, 0.15) is 5.82 Å². The van der Waals surface area contributed by atoms with E-state index in [9.17, 15) is 9.50 Å². The fourth-order valence-corrected chi connectivity index (χ4v) is 4.16.